The minimum Gasteiger partial charge on any atom is -0.462 e. The van der Waals surface area contributed by atoms with E-state index in [1.54, 1.807) is 13.8 Å². The maximum Gasteiger partial charge on any atom is 0.439 e. The summed E-state index contributed by atoms with van der Waals surface area (Å²) in [5, 5.41) is 0. The van der Waals surface area contributed by atoms with Gasteiger partial charge >= 0.3 is 25.7 Å². The molecule has 3 unspecified atom stereocenters. The molecule has 0 spiro atoms. The summed E-state index contributed by atoms with van der Waals surface area (Å²) in [7, 11) is -4.46. The molecule has 0 bridgehead atoms. The van der Waals surface area contributed by atoms with E-state index in [9.17, 15) is 23.8 Å². The molecule has 2 heterocycles. The summed E-state index contributed by atoms with van der Waals surface area (Å²) in [6.07, 6.45) is -0.798. The van der Waals surface area contributed by atoms with E-state index in [4.69, 9.17) is 23.5 Å². The zero-order valence-corrected chi connectivity index (χ0v) is 18.8. The first kappa shape index (κ1) is 25.0. The fraction of sp³-hybridized carbons (Fsp3) is 0.667. The third-order valence-electron chi connectivity index (χ3n) is 4.89. The van der Waals surface area contributed by atoms with Crippen LogP contribution in [0.1, 0.15) is 34.6 Å². The highest BCUT2D eigenvalue weighted by molar-refractivity contribution is 7.51. The first-order valence-corrected chi connectivity index (χ1v) is 11.1. The second-order valence-electron chi connectivity index (χ2n) is 7.25. The van der Waals surface area contributed by atoms with Crippen molar-refractivity contribution in [2.24, 2.45) is 11.8 Å². The highest BCUT2D eigenvalue weighted by atomic mass is 31.2. The molecule has 1 aliphatic heterocycles. The number of carbonyl (C=O) groups excluding carboxylic acids is 3. The van der Waals surface area contributed by atoms with E-state index in [0.29, 0.717) is 0 Å². The predicted octanol–water partition coefficient (Wildman–Crippen LogP) is 1.27. The van der Waals surface area contributed by atoms with E-state index >= 15 is 0 Å². The van der Waals surface area contributed by atoms with Crippen molar-refractivity contribution in [3.05, 3.63) is 18.7 Å². The lowest BCUT2D eigenvalue weighted by atomic mass is 9.81. The Labute approximate surface area is 179 Å². The molecule has 1 aromatic rings. The van der Waals surface area contributed by atoms with Crippen LogP contribution in [0.2, 0.25) is 0 Å². The number of carbonyl (C=O) groups is 3. The molecule has 1 N–H and O–H groups in total. The average molecular weight is 462 g/mol. The van der Waals surface area contributed by atoms with Crippen LogP contribution in [0.15, 0.2) is 18.7 Å². The molecule has 7 atom stereocenters. The van der Waals surface area contributed by atoms with Crippen LogP contribution in [-0.2, 0) is 42.4 Å². The Kier molecular flexibility index (Phi) is 8.35. The molecule has 0 aromatic carbocycles. The fourth-order valence-corrected chi connectivity index (χ4v) is 4.24. The molecule has 0 aliphatic carbocycles. The third kappa shape index (κ3) is 6.60. The lowest BCUT2D eigenvalue weighted by Gasteiger charge is -2.45. The van der Waals surface area contributed by atoms with Gasteiger partial charge in [0.25, 0.3) is 0 Å². The molecule has 2 rings (SSSR count). The molecule has 0 radical (unpaired) electrons. The zero-order valence-electron chi connectivity index (χ0n) is 17.9. The maximum absolute atomic E-state index is 12.7. The average Bonchev–Trinajstić information content (AvgIpc) is 3.20. The molecule has 0 amide bonds. The van der Waals surface area contributed by atoms with Crippen molar-refractivity contribution in [3.63, 3.8) is 0 Å². The van der Waals surface area contributed by atoms with Gasteiger partial charge in [0.15, 0.2) is 12.2 Å². The minimum atomic E-state index is -4.46. The molecule has 1 fully saturated rings. The first-order valence-electron chi connectivity index (χ1n) is 9.55. The number of ether oxygens (including phenoxy) is 4. The Morgan fingerprint density at radius 3 is 2.35 bits per heavy atom. The van der Waals surface area contributed by atoms with E-state index in [-0.39, 0.29) is 12.5 Å². The van der Waals surface area contributed by atoms with E-state index in [1.165, 1.54) is 33.2 Å². The van der Waals surface area contributed by atoms with Crippen LogP contribution in [-0.4, -0.2) is 63.3 Å². The summed E-state index contributed by atoms with van der Waals surface area (Å²) in [4.78, 5) is 48.6. The first-order chi connectivity index (χ1) is 14.4. The van der Waals surface area contributed by atoms with Crippen molar-refractivity contribution in [1.82, 2.24) is 9.32 Å². The van der Waals surface area contributed by atoms with Gasteiger partial charge in [0.1, 0.15) is 19.0 Å². The van der Waals surface area contributed by atoms with Crippen LogP contribution in [0, 0.1) is 11.8 Å². The van der Waals surface area contributed by atoms with Crippen LogP contribution in [0.4, 0.5) is 0 Å². The number of imidazole rings is 1. The van der Waals surface area contributed by atoms with Crippen LogP contribution in [0.25, 0.3) is 0 Å². The van der Waals surface area contributed by atoms with Gasteiger partial charge in [-0.1, -0.05) is 13.8 Å². The Bertz CT molecular complexity index is 829. The normalized spacial score (nSPS) is 28.8. The van der Waals surface area contributed by atoms with Gasteiger partial charge in [-0.15, -0.1) is 0 Å². The molecular formula is C18H27N2O10P. The smallest absolute Gasteiger partial charge is 0.439 e. The van der Waals surface area contributed by atoms with Crippen LogP contribution >= 0.6 is 7.75 Å². The molecule has 12 nitrogen and oxygen atoms in total. The summed E-state index contributed by atoms with van der Waals surface area (Å²) in [6.45, 7) is 6.79. The SMILES string of the molecule is CC(=O)OC[C@@H](OC(C)=O)C1O[C@@H](OP(=O)(O)n2ccnc2)C(OC(C)=O)[C@@H](C)[C@@H]1C. The van der Waals surface area contributed by atoms with Crippen molar-refractivity contribution < 1.29 is 47.3 Å². The van der Waals surface area contributed by atoms with Gasteiger partial charge in [0.05, 0.1) is 0 Å². The monoisotopic (exact) mass is 462 g/mol. The summed E-state index contributed by atoms with van der Waals surface area (Å²) in [5.41, 5.74) is 0. The fourth-order valence-electron chi connectivity index (χ4n) is 3.27. The topological polar surface area (TPSA) is 152 Å². The van der Waals surface area contributed by atoms with Gasteiger partial charge in [-0.2, -0.15) is 0 Å². The molecule has 0 saturated carbocycles. The van der Waals surface area contributed by atoms with Crippen molar-refractivity contribution in [2.45, 2.75) is 59.2 Å². The summed E-state index contributed by atoms with van der Waals surface area (Å²) < 4.78 is 40.4. The van der Waals surface area contributed by atoms with E-state index < -0.39 is 56.2 Å². The van der Waals surface area contributed by atoms with Crippen molar-refractivity contribution in [1.29, 1.82) is 0 Å². The molecule has 1 saturated heterocycles. The van der Waals surface area contributed by atoms with Gasteiger partial charge in [-0.3, -0.25) is 18.9 Å². The predicted molar refractivity (Wildman–Crippen MR) is 103 cm³/mol. The maximum atomic E-state index is 12.7. The van der Waals surface area contributed by atoms with Gasteiger partial charge in [0, 0.05) is 39.1 Å². The van der Waals surface area contributed by atoms with Gasteiger partial charge in [-0.25, -0.2) is 13.9 Å². The van der Waals surface area contributed by atoms with Crippen molar-refractivity contribution >= 4 is 25.7 Å². The summed E-state index contributed by atoms with van der Waals surface area (Å²) in [5.74, 6) is -2.67. The minimum absolute atomic E-state index is 0.292. The number of esters is 3. The Hall–Kier alpha value is -2.27. The van der Waals surface area contributed by atoms with E-state index in [1.807, 2.05) is 0 Å². The number of hydrogen-bond acceptors (Lipinski definition) is 10. The molecular weight excluding hydrogens is 435 g/mol. The second kappa shape index (κ2) is 10.4. The molecule has 13 heteroatoms. The lowest BCUT2D eigenvalue weighted by Crippen LogP contribution is -2.56. The van der Waals surface area contributed by atoms with E-state index in [0.717, 1.165) is 10.7 Å². The number of nitrogens with zero attached hydrogens (tertiary/aromatic N) is 2. The van der Waals surface area contributed by atoms with Gasteiger partial charge in [-0.05, 0) is 5.92 Å². The van der Waals surface area contributed by atoms with Crippen LogP contribution in [0.3, 0.4) is 0 Å². The Morgan fingerprint density at radius 2 is 1.84 bits per heavy atom. The standard InChI is InChI=1S/C18H27N2O10P/c1-10-11(2)17(28-14(5)23)18(30-31(24,25)20-7-6-19-9-20)29-16(10)15(27-13(4)22)8-26-12(3)21/h6-7,9-11,15-18H,8H2,1-5H3,(H,24,25)/t10-,11-,15+,16?,17?,18-/m0/s1. The highest BCUT2D eigenvalue weighted by Crippen LogP contribution is 2.48. The van der Waals surface area contributed by atoms with Crippen molar-refractivity contribution in [3.8, 4) is 0 Å². The quantitative estimate of drug-likeness (QED) is 0.338. The van der Waals surface area contributed by atoms with E-state index in [2.05, 4.69) is 4.98 Å². The Morgan fingerprint density at radius 1 is 1.16 bits per heavy atom. The largest absolute Gasteiger partial charge is 0.462 e. The molecule has 1 aliphatic rings. The van der Waals surface area contributed by atoms with Gasteiger partial charge in [0.2, 0.25) is 6.29 Å². The zero-order chi connectivity index (χ0) is 23.3. The lowest BCUT2D eigenvalue weighted by molar-refractivity contribution is -0.269. The molecule has 31 heavy (non-hydrogen) atoms. The van der Waals surface area contributed by atoms with Gasteiger partial charge < -0.3 is 23.8 Å². The summed E-state index contributed by atoms with van der Waals surface area (Å²) in [6, 6.07) is 0. The third-order valence-corrected chi connectivity index (χ3v) is 6.19. The summed E-state index contributed by atoms with van der Waals surface area (Å²) >= 11 is 0. The second-order valence-corrected chi connectivity index (χ2v) is 8.90. The molecule has 174 valence electrons. The Balaban J connectivity index is 2.34. The van der Waals surface area contributed by atoms with Crippen LogP contribution < -0.4 is 0 Å². The van der Waals surface area contributed by atoms with Crippen molar-refractivity contribution in [2.75, 3.05) is 6.61 Å². The van der Waals surface area contributed by atoms with Crippen LogP contribution in [0.5, 0.6) is 0 Å². The number of aromatic nitrogens is 2. The highest BCUT2D eigenvalue weighted by Gasteiger charge is 2.50. The molecule has 1 aromatic heterocycles. The number of hydrogen-bond donors (Lipinski definition) is 1. The number of rotatable bonds is 8.